The summed E-state index contributed by atoms with van der Waals surface area (Å²) in [5, 5.41) is 4.30. The van der Waals surface area contributed by atoms with Gasteiger partial charge in [-0.2, -0.15) is 0 Å². The lowest BCUT2D eigenvalue weighted by atomic mass is 10.1. The van der Waals surface area contributed by atoms with Gasteiger partial charge >= 0.3 is 0 Å². The number of halogens is 1. The van der Waals surface area contributed by atoms with Crippen LogP contribution in [0.5, 0.6) is 5.75 Å². The Morgan fingerprint density at radius 1 is 1.41 bits per heavy atom. The number of nitrogens with two attached hydrogens (primary N) is 1. The minimum Gasteiger partial charge on any atom is -0.496 e. The Labute approximate surface area is 148 Å². The van der Waals surface area contributed by atoms with Gasteiger partial charge in [0.15, 0.2) is 5.96 Å². The van der Waals surface area contributed by atoms with E-state index >= 15 is 0 Å². The number of fused-ring (bicyclic) bond motifs is 1. The highest BCUT2D eigenvalue weighted by molar-refractivity contribution is 14.0. The van der Waals surface area contributed by atoms with Gasteiger partial charge in [-0.05, 0) is 30.5 Å². The number of aromatic amines is 1. The van der Waals surface area contributed by atoms with E-state index in [0.717, 1.165) is 49.0 Å². The molecule has 2 rings (SSSR count). The molecule has 0 saturated carbocycles. The molecule has 0 radical (unpaired) electrons. The van der Waals surface area contributed by atoms with Crippen LogP contribution in [0.15, 0.2) is 29.4 Å². The van der Waals surface area contributed by atoms with Crippen molar-refractivity contribution >= 4 is 40.8 Å². The maximum Gasteiger partial charge on any atom is 0.188 e. The average molecular weight is 416 g/mol. The number of rotatable bonds is 7. The third kappa shape index (κ3) is 4.79. The summed E-state index contributed by atoms with van der Waals surface area (Å²) in [5.41, 5.74) is 8.14. The molecule has 0 amide bonds. The van der Waals surface area contributed by atoms with Gasteiger partial charge in [0.1, 0.15) is 5.75 Å². The first-order chi connectivity index (χ1) is 10.3. The maximum absolute atomic E-state index is 5.83. The highest BCUT2D eigenvalue weighted by Gasteiger charge is 2.08. The Balaban J connectivity index is 0.00000242. The van der Waals surface area contributed by atoms with Gasteiger partial charge in [-0.15, -0.1) is 24.0 Å². The van der Waals surface area contributed by atoms with Crippen molar-refractivity contribution in [2.75, 3.05) is 20.2 Å². The molecule has 0 atom stereocenters. The monoisotopic (exact) mass is 416 g/mol. The summed E-state index contributed by atoms with van der Waals surface area (Å²) in [7, 11) is 1.70. The molecule has 4 N–H and O–H groups in total. The lowest BCUT2D eigenvalue weighted by Crippen LogP contribution is -2.33. The van der Waals surface area contributed by atoms with Crippen molar-refractivity contribution < 1.29 is 4.74 Å². The number of nitrogens with one attached hydrogen (secondary N) is 2. The molecule has 5 nitrogen and oxygen atoms in total. The summed E-state index contributed by atoms with van der Waals surface area (Å²) in [6.45, 7) is 3.69. The molecule has 2 aromatic rings. The molecule has 1 heterocycles. The smallest absolute Gasteiger partial charge is 0.188 e. The number of ether oxygens (including phenoxy) is 1. The first kappa shape index (κ1) is 18.6. The van der Waals surface area contributed by atoms with Gasteiger partial charge in [0.05, 0.1) is 7.11 Å². The third-order valence-electron chi connectivity index (χ3n) is 3.46. The molecular weight excluding hydrogens is 391 g/mol. The zero-order chi connectivity index (χ0) is 15.1. The molecule has 6 heteroatoms. The number of aliphatic imine (C=N–C) groups is 1. The molecule has 0 unspecified atom stereocenters. The van der Waals surface area contributed by atoms with Crippen molar-refractivity contribution in [2.24, 2.45) is 10.7 Å². The van der Waals surface area contributed by atoms with Gasteiger partial charge in [0.2, 0.25) is 0 Å². The number of benzene rings is 1. The zero-order valence-electron chi connectivity index (χ0n) is 13.2. The van der Waals surface area contributed by atoms with Crippen LogP contribution in [0.3, 0.4) is 0 Å². The number of nitrogens with zero attached hydrogens (tertiary/aromatic N) is 1. The second-order valence-corrected chi connectivity index (χ2v) is 4.99. The Morgan fingerprint density at radius 2 is 2.23 bits per heavy atom. The van der Waals surface area contributed by atoms with E-state index in [1.165, 1.54) is 5.56 Å². The summed E-state index contributed by atoms with van der Waals surface area (Å²) in [6, 6.07) is 6.01. The minimum atomic E-state index is 0. The summed E-state index contributed by atoms with van der Waals surface area (Å²) in [4.78, 5) is 7.55. The first-order valence-corrected chi connectivity index (χ1v) is 7.43. The van der Waals surface area contributed by atoms with E-state index in [1.807, 2.05) is 18.3 Å². The van der Waals surface area contributed by atoms with Crippen LogP contribution in [-0.2, 0) is 6.42 Å². The first-order valence-electron chi connectivity index (χ1n) is 7.43. The van der Waals surface area contributed by atoms with Crippen molar-refractivity contribution in [3.63, 3.8) is 0 Å². The second-order valence-electron chi connectivity index (χ2n) is 4.99. The fraction of sp³-hybridized carbons (Fsp3) is 0.438. The minimum absolute atomic E-state index is 0. The molecule has 0 bridgehead atoms. The van der Waals surface area contributed by atoms with Crippen molar-refractivity contribution in [2.45, 2.75) is 26.2 Å². The summed E-state index contributed by atoms with van der Waals surface area (Å²) in [6.07, 6.45) is 5.09. The fourth-order valence-electron chi connectivity index (χ4n) is 2.33. The van der Waals surface area contributed by atoms with Gasteiger partial charge in [-0.25, -0.2) is 0 Å². The topological polar surface area (TPSA) is 75.4 Å². The SMILES string of the molecule is CCCCN=C(N)NCCc1c[nH]c2cccc(OC)c12.I. The quantitative estimate of drug-likeness (QED) is 0.281. The number of hydrogen-bond acceptors (Lipinski definition) is 2. The Hall–Kier alpha value is -1.44. The van der Waals surface area contributed by atoms with Gasteiger partial charge in [-0.3, -0.25) is 4.99 Å². The van der Waals surface area contributed by atoms with Crippen LogP contribution < -0.4 is 15.8 Å². The molecule has 0 fully saturated rings. The van der Waals surface area contributed by atoms with E-state index in [0.29, 0.717) is 5.96 Å². The number of guanidine groups is 1. The molecule has 0 aliphatic carbocycles. The predicted molar refractivity (Wildman–Crippen MR) is 103 cm³/mol. The van der Waals surface area contributed by atoms with Crippen LogP contribution in [0.2, 0.25) is 0 Å². The van der Waals surface area contributed by atoms with Gasteiger partial charge in [-0.1, -0.05) is 19.4 Å². The van der Waals surface area contributed by atoms with E-state index in [4.69, 9.17) is 10.5 Å². The molecule has 1 aromatic heterocycles. The van der Waals surface area contributed by atoms with Crippen molar-refractivity contribution in [3.05, 3.63) is 30.0 Å². The van der Waals surface area contributed by atoms with Gasteiger partial charge in [0, 0.05) is 30.2 Å². The number of unbranched alkanes of at least 4 members (excludes halogenated alkanes) is 1. The summed E-state index contributed by atoms with van der Waals surface area (Å²) < 4.78 is 5.43. The lowest BCUT2D eigenvalue weighted by Gasteiger charge is -2.07. The largest absolute Gasteiger partial charge is 0.496 e. The number of H-pyrrole nitrogens is 1. The molecule has 0 saturated heterocycles. The third-order valence-corrected chi connectivity index (χ3v) is 3.46. The van der Waals surface area contributed by atoms with Crippen LogP contribution in [0.4, 0.5) is 0 Å². The normalized spacial score (nSPS) is 11.3. The van der Waals surface area contributed by atoms with E-state index < -0.39 is 0 Å². The van der Waals surface area contributed by atoms with Crippen LogP contribution in [0.1, 0.15) is 25.3 Å². The van der Waals surface area contributed by atoms with E-state index in [-0.39, 0.29) is 24.0 Å². The highest BCUT2D eigenvalue weighted by atomic mass is 127. The van der Waals surface area contributed by atoms with Crippen LogP contribution in [-0.4, -0.2) is 31.1 Å². The van der Waals surface area contributed by atoms with Crippen LogP contribution in [0, 0.1) is 0 Å². The molecule has 0 aliphatic heterocycles. The number of hydrogen-bond donors (Lipinski definition) is 3. The Kier molecular flexibility index (Phi) is 8.08. The van der Waals surface area contributed by atoms with E-state index in [9.17, 15) is 0 Å². The van der Waals surface area contributed by atoms with Crippen LogP contribution >= 0.6 is 24.0 Å². The Morgan fingerprint density at radius 3 is 2.95 bits per heavy atom. The van der Waals surface area contributed by atoms with Gasteiger partial charge < -0.3 is 20.8 Å². The summed E-state index contributed by atoms with van der Waals surface area (Å²) in [5.74, 6) is 1.42. The standard InChI is InChI=1S/C16H24N4O.HI/c1-3-4-9-18-16(17)19-10-8-12-11-20-13-6-5-7-14(21-2)15(12)13;/h5-7,11,20H,3-4,8-10H2,1-2H3,(H3,17,18,19);1H. The molecular formula is C16H25IN4O. The lowest BCUT2D eigenvalue weighted by molar-refractivity contribution is 0.419. The van der Waals surface area contributed by atoms with Crippen molar-refractivity contribution in [3.8, 4) is 5.75 Å². The summed E-state index contributed by atoms with van der Waals surface area (Å²) >= 11 is 0. The van der Waals surface area contributed by atoms with Gasteiger partial charge in [0.25, 0.3) is 0 Å². The average Bonchev–Trinajstić information content (AvgIpc) is 2.91. The molecule has 0 spiro atoms. The fourth-order valence-corrected chi connectivity index (χ4v) is 2.33. The predicted octanol–water partition coefficient (Wildman–Crippen LogP) is 3.04. The number of aromatic nitrogens is 1. The Bertz CT molecular complexity index is 609. The van der Waals surface area contributed by atoms with E-state index in [1.54, 1.807) is 7.11 Å². The molecule has 22 heavy (non-hydrogen) atoms. The number of methoxy groups -OCH3 is 1. The highest BCUT2D eigenvalue weighted by Crippen LogP contribution is 2.28. The molecule has 122 valence electrons. The zero-order valence-corrected chi connectivity index (χ0v) is 15.5. The van der Waals surface area contributed by atoms with E-state index in [2.05, 4.69) is 28.3 Å². The molecule has 1 aromatic carbocycles. The second kappa shape index (κ2) is 9.55. The molecule has 0 aliphatic rings. The van der Waals surface area contributed by atoms with Crippen LogP contribution in [0.25, 0.3) is 10.9 Å². The van der Waals surface area contributed by atoms with Crippen molar-refractivity contribution in [1.29, 1.82) is 0 Å². The van der Waals surface area contributed by atoms with Crippen molar-refractivity contribution in [1.82, 2.24) is 10.3 Å². The maximum atomic E-state index is 5.83.